The third-order valence-corrected chi connectivity index (χ3v) is 3.16. The summed E-state index contributed by atoms with van der Waals surface area (Å²) in [6.07, 6.45) is 0. The second-order valence-corrected chi connectivity index (χ2v) is 4.96. The van der Waals surface area contributed by atoms with Gasteiger partial charge in [-0.3, -0.25) is 4.79 Å². The number of esters is 1. The lowest BCUT2D eigenvalue weighted by Crippen LogP contribution is -2.31. The van der Waals surface area contributed by atoms with Gasteiger partial charge in [0.2, 0.25) is 0 Å². The van der Waals surface area contributed by atoms with Crippen LogP contribution in [-0.4, -0.2) is 38.7 Å². The first-order chi connectivity index (χ1) is 11.7. The molecule has 2 aromatic carbocycles. The first kappa shape index (κ1) is 17.5. The predicted molar refractivity (Wildman–Crippen MR) is 91.3 cm³/mol. The minimum absolute atomic E-state index is 0.331. The molecule has 0 aliphatic carbocycles. The van der Waals surface area contributed by atoms with Crippen molar-refractivity contribution < 1.29 is 19.1 Å². The van der Waals surface area contributed by atoms with E-state index in [-0.39, 0.29) is 12.5 Å². The lowest BCUT2D eigenvalue weighted by atomic mass is 10.1. The summed E-state index contributed by atoms with van der Waals surface area (Å²) in [6.45, 7) is 0.449. The molecule has 24 heavy (non-hydrogen) atoms. The third-order valence-electron chi connectivity index (χ3n) is 3.16. The number of carbonyl (C=O) groups excluding carboxylic acids is 2. The summed E-state index contributed by atoms with van der Waals surface area (Å²) in [5, 5.41) is 5.75. The molecule has 0 saturated heterocycles. The van der Waals surface area contributed by atoms with Gasteiger partial charge in [0.05, 0.1) is 17.9 Å². The predicted octanol–water partition coefficient (Wildman–Crippen LogP) is 2.35. The normalized spacial score (nSPS) is 10.0. The molecule has 0 saturated carbocycles. The number of amides is 1. The fourth-order valence-electron chi connectivity index (χ4n) is 2.00. The van der Waals surface area contributed by atoms with Crippen molar-refractivity contribution in [2.45, 2.75) is 0 Å². The zero-order valence-corrected chi connectivity index (χ0v) is 13.5. The molecule has 0 aliphatic heterocycles. The number of benzene rings is 2. The fourth-order valence-corrected chi connectivity index (χ4v) is 2.00. The highest BCUT2D eigenvalue weighted by atomic mass is 16.5. The Hall–Kier alpha value is -2.86. The summed E-state index contributed by atoms with van der Waals surface area (Å²) >= 11 is 0. The standard InChI is InChI=1S/C18H20N2O4/c1-23-12-11-19-17(21)13-24-18(22)15-9-5-6-10-16(15)20-14-7-3-2-4-8-14/h2-10,20H,11-13H2,1H3,(H,19,21). The van der Waals surface area contributed by atoms with Gasteiger partial charge in [0, 0.05) is 19.3 Å². The Kier molecular flexibility index (Phi) is 6.79. The van der Waals surface area contributed by atoms with Crippen LogP contribution in [0.25, 0.3) is 0 Å². The van der Waals surface area contributed by atoms with Crippen molar-refractivity contribution in [1.82, 2.24) is 5.32 Å². The summed E-state index contributed by atoms with van der Waals surface area (Å²) in [6, 6.07) is 16.5. The van der Waals surface area contributed by atoms with E-state index in [4.69, 9.17) is 9.47 Å². The van der Waals surface area contributed by atoms with Gasteiger partial charge in [0.15, 0.2) is 6.61 Å². The highest BCUT2D eigenvalue weighted by Gasteiger charge is 2.14. The number of ether oxygens (including phenoxy) is 2. The average Bonchev–Trinajstić information content (AvgIpc) is 2.61. The molecule has 0 radical (unpaired) electrons. The molecule has 0 fully saturated rings. The number of anilines is 2. The highest BCUT2D eigenvalue weighted by Crippen LogP contribution is 2.21. The maximum atomic E-state index is 12.2. The van der Waals surface area contributed by atoms with E-state index in [1.165, 1.54) is 0 Å². The Bertz CT molecular complexity index is 674. The quantitative estimate of drug-likeness (QED) is 0.574. The van der Waals surface area contributed by atoms with Gasteiger partial charge in [-0.05, 0) is 24.3 Å². The van der Waals surface area contributed by atoms with Gasteiger partial charge in [-0.15, -0.1) is 0 Å². The van der Waals surface area contributed by atoms with Crippen LogP contribution >= 0.6 is 0 Å². The van der Waals surface area contributed by atoms with Crippen molar-refractivity contribution in [2.24, 2.45) is 0 Å². The van der Waals surface area contributed by atoms with Gasteiger partial charge in [0.25, 0.3) is 5.91 Å². The van der Waals surface area contributed by atoms with Crippen LogP contribution in [0.4, 0.5) is 11.4 Å². The topological polar surface area (TPSA) is 76.7 Å². The van der Waals surface area contributed by atoms with Crippen LogP contribution in [0.5, 0.6) is 0 Å². The van der Waals surface area contributed by atoms with E-state index in [2.05, 4.69) is 10.6 Å². The SMILES string of the molecule is COCCNC(=O)COC(=O)c1ccccc1Nc1ccccc1. The van der Waals surface area contributed by atoms with E-state index >= 15 is 0 Å². The molecular weight excluding hydrogens is 308 g/mol. The first-order valence-electron chi connectivity index (χ1n) is 7.54. The average molecular weight is 328 g/mol. The zero-order chi connectivity index (χ0) is 17.2. The Labute approximate surface area is 140 Å². The van der Waals surface area contributed by atoms with Crippen LogP contribution in [0, 0.1) is 0 Å². The van der Waals surface area contributed by atoms with Gasteiger partial charge in [-0.25, -0.2) is 4.79 Å². The molecule has 2 N–H and O–H groups in total. The summed E-state index contributed by atoms with van der Waals surface area (Å²) in [5.74, 6) is -0.926. The van der Waals surface area contributed by atoms with E-state index < -0.39 is 5.97 Å². The fraction of sp³-hybridized carbons (Fsp3) is 0.222. The van der Waals surface area contributed by atoms with Crippen molar-refractivity contribution in [2.75, 3.05) is 32.2 Å². The second kappa shape index (κ2) is 9.32. The van der Waals surface area contributed by atoms with E-state index in [0.29, 0.717) is 24.4 Å². The molecule has 6 nitrogen and oxygen atoms in total. The zero-order valence-electron chi connectivity index (χ0n) is 13.5. The molecular formula is C18H20N2O4. The molecule has 0 spiro atoms. The van der Waals surface area contributed by atoms with Crippen molar-refractivity contribution >= 4 is 23.3 Å². The number of nitrogens with one attached hydrogen (secondary N) is 2. The lowest BCUT2D eigenvalue weighted by molar-refractivity contribution is -0.124. The summed E-state index contributed by atoms with van der Waals surface area (Å²) in [5.41, 5.74) is 1.84. The Morgan fingerprint density at radius 2 is 1.71 bits per heavy atom. The largest absolute Gasteiger partial charge is 0.452 e. The minimum Gasteiger partial charge on any atom is -0.452 e. The van der Waals surface area contributed by atoms with Crippen molar-refractivity contribution in [1.29, 1.82) is 0 Å². The van der Waals surface area contributed by atoms with E-state index in [1.807, 2.05) is 36.4 Å². The van der Waals surface area contributed by atoms with Gasteiger partial charge in [0.1, 0.15) is 0 Å². The molecule has 2 aromatic rings. The van der Waals surface area contributed by atoms with Crippen molar-refractivity contribution in [3.63, 3.8) is 0 Å². The Morgan fingerprint density at radius 1 is 1.00 bits per heavy atom. The second-order valence-electron chi connectivity index (χ2n) is 4.96. The number of para-hydroxylation sites is 2. The summed E-state index contributed by atoms with van der Waals surface area (Å²) in [7, 11) is 1.54. The smallest absolute Gasteiger partial charge is 0.340 e. The number of hydrogen-bond donors (Lipinski definition) is 2. The number of methoxy groups -OCH3 is 1. The van der Waals surface area contributed by atoms with Crippen molar-refractivity contribution in [3.05, 3.63) is 60.2 Å². The lowest BCUT2D eigenvalue weighted by Gasteiger charge is -2.12. The van der Waals surface area contributed by atoms with E-state index in [9.17, 15) is 9.59 Å². The van der Waals surface area contributed by atoms with Crippen LogP contribution in [0.15, 0.2) is 54.6 Å². The van der Waals surface area contributed by atoms with Gasteiger partial charge in [-0.2, -0.15) is 0 Å². The molecule has 126 valence electrons. The summed E-state index contributed by atoms with van der Waals surface area (Å²) in [4.78, 5) is 23.8. The van der Waals surface area contributed by atoms with Crippen LogP contribution in [0.2, 0.25) is 0 Å². The first-order valence-corrected chi connectivity index (χ1v) is 7.54. The van der Waals surface area contributed by atoms with Crippen LogP contribution in [0.1, 0.15) is 10.4 Å². The van der Waals surface area contributed by atoms with E-state index in [1.54, 1.807) is 25.3 Å². The van der Waals surface area contributed by atoms with E-state index in [0.717, 1.165) is 5.69 Å². The molecule has 2 rings (SSSR count). The highest BCUT2D eigenvalue weighted by molar-refractivity contribution is 5.97. The number of carbonyl (C=O) groups is 2. The Balaban J connectivity index is 1.96. The van der Waals surface area contributed by atoms with Crippen molar-refractivity contribution in [3.8, 4) is 0 Å². The van der Waals surface area contributed by atoms with Gasteiger partial charge < -0.3 is 20.1 Å². The third kappa shape index (κ3) is 5.40. The molecule has 0 atom stereocenters. The molecule has 0 aromatic heterocycles. The molecule has 0 unspecified atom stereocenters. The molecule has 0 heterocycles. The summed E-state index contributed by atoms with van der Waals surface area (Å²) < 4.78 is 9.90. The molecule has 1 amide bonds. The molecule has 0 bridgehead atoms. The van der Waals surface area contributed by atoms with Crippen LogP contribution < -0.4 is 10.6 Å². The minimum atomic E-state index is -0.559. The maximum Gasteiger partial charge on any atom is 0.340 e. The van der Waals surface area contributed by atoms with Gasteiger partial charge >= 0.3 is 5.97 Å². The number of rotatable bonds is 8. The monoisotopic (exact) mass is 328 g/mol. The van der Waals surface area contributed by atoms with Crippen LogP contribution in [-0.2, 0) is 14.3 Å². The molecule has 0 aliphatic rings. The van der Waals surface area contributed by atoms with Gasteiger partial charge in [-0.1, -0.05) is 30.3 Å². The van der Waals surface area contributed by atoms with Crippen LogP contribution in [0.3, 0.4) is 0 Å². The maximum absolute atomic E-state index is 12.2. The molecule has 6 heteroatoms. The Morgan fingerprint density at radius 3 is 2.46 bits per heavy atom. The number of hydrogen-bond acceptors (Lipinski definition) is 5.